The predicted molar refractivity (Wildman–Crippen MR) is 76.1 cm³/mol. The fourth-order valence-electron chi connectivity index (χ4n) is 1.55. The zero-order valence-corrected chi connectivity index (χ0v) is 10.4. The maximum atomic E-state index is 3.97. The molecule has 1 nitrogen and oxygen atoms in total. The van der Waals surface area contributed by atoms with Crippen LogP contribution in [0.5, 0.6) is 0 Å². The van der Waals surface area contributed by atoms with E-state index in [2.05, 4.69) is 49.3 Å². The molecule has 1 aromatic carbocycles. The van der Waals surface area contributed by atoms with Crippen molar-refractivity contribution < 1.29 is 0 Å². The lowest BCUT2D eigenvalue weighted by Gasteiger charge is -2.07. The second-order valence-electron chi connectivity index (χ2n) is 4.07. The third kappa shape index (κ3) is 5.32. The molecule has 1 heteroatoms. The van der Waals surface area contributed by atoms with Crippen molar-refractivity contribution in [3.05, 3.63) is 72.9 Å². The lowest BCUT2D eigenvalue weighted by molar-refractivity contribution is 0.682. The van der Waals surface area contributed by atoms with E-state index in [1.54, 1.807) is 6.08 Å². The zero-order chi connectivity index (χ0) is 12.5. The van der Waals surface area contributed by atoms with E-state index in [-0.39, 0.29) is 0 Å². The topological polar surface area (TPSA) is 12.0 Å². The van der Waals surface area contributed by atoms with Crippen molar-refractivity contribution in [1.29, 1.82) is 0 Å². The van der Waals surface area contributed by atoms with E-state index < -0.39 is 0 Å². The van der Waals surface area contributed by atoms with Crippen molar-refractivity contribution in [3.63, 3.8) is 0 Å². The molecule has 0 radical (unpaired) electrons. The van der Waals surface area contributed by atoms with Crippen LogP contribution in [0.4, 0.5) is 0 Å². The fraction of sp³-hybridized carbons (Fsp3) is 0.250. The Morgan fingerprint density at radius 1 is 1.12 bits per heavy atom. The standard InChI is InChI=1S/C16H21N/c1-4-14(2)15(3)10-12-17-13-11-16-8-6-5-7-9-16/h4-9,17H,1-3,10-13H2. The molecule has 0 aliphatic heterocycles. The van der Waals surface area contributed by atoms with Crippen molar-refractivity contribution in [2.75, 3.05) is 13.1 Å². The van der Waals surface area contributed by atoms with Crippen LogP contribution < -0.4 is 5.32 Å². The molecular weight excluding hydrogens is 206 g/mol. The number of hydrogen-bond acceptors (Lipinski definition) is 1. The Labute approximate surface area is 105 Å². The molecule has 0 spiro atoms. The van der Waals surface area contributed by atoms with Crippen LogP contribution in [0.15, 0.2) is 67.3 Å². The highest BCUT2D eigenvalue weighted by atomic mass is 14.8. The van der Waals surface area contributed by atoms with Crippen LogP contribution in [0.2, 0.25) is 0 Å². The average molecular weight is 227 g/mol. The van der Waals surface area contributed by atoms with Crippen LogP contribution in [-0.2, 0) is 6.42 Å². The van der Waals surface area contributed by atoms with Gasteiger partial charge in [0, 0.05) is 0 Å². The van der Waals surface area contributed by atoms with E-state index in [0.29, 0.717) is 0 Å². The molecule has 1 rings (SSSR count). The Morgan fingerprint density at radius 2 is 1.82 bits per heavy atom. The number of nitrogens with one attached hydrogen (secondary N) is 1. The minimum Gasteiger partial charge on any atom is -0.316 e. The molecular formula is C16H21N. The molecule has 0 amide bonds. The van der Waals surface area contributed by atoms with E-state index in [4.69, 9.17) is 0 Å². The summed E-state index contributed by atoms with van der Waals surface area (Å²) in [4.78, 5) is 0. The highest BCUT2D eigenvalue weighted by Gasteiger charge is 1.96. The smallest absolute Gasteiger partial charge is 0.000822 e. The first-order valence-electron chi connectivity index (χ1n) is 5.98. The first-order valence-corrected chi connectivity index (χ1v) is 5.98. The Bertz CT molecular complexity index is 376. The van der Waals surface area contributed by atoms with Gasteiger partial charge in [-0.2, -0.15) is 0 Å². The molecule has 0 fully saturated rings. The predicted octanol–water partition coefficient (Wildman–Crippen LogP) is 3.51. The van der Waals surface area contributed by atoms with Gasteiger partial charge in [-0.3, -0.25) is 0 Å². The minimum atomic E-state index is 0.930. The maximum absolute atomic E-state index is 3.97. The second-order valence-corrected chi connectivity index (χ2v) is 4.07. The molecule has 0 saturated heterocycles. The van der Waals surface area contributed by atoms with Crippen LogP contribution in [-0.4, -0.2) is 13.1 Å². The first kappa shape index (κ1) is 13.5. The molecule has 0 atom stereocenters. The quantitative estimate of drug-likeness (QED) is 0.529. The van der Waals surface area contributed by atoms with Gasteiger partial charge in [0.05, 0.1) is 0 Å². The molecule has 0 aliphatic carbocycles. The average Bonchev–Trinajstić information content (AvgIpc) is 2.38. The zero-order valence-electron chi connectivity index (χ0n) is 10.4. The molecule has 0 aromatic heterocycles. The molecule has 90 valence electrons. The van der Waals surface area contributed by atoms with Gasteiger partial charge in [-0.1, -0.05) is 56.1 Å². The lowest BCUT2D eigenvalue weighted by atomic mass is 10.1. The lowest BCUT2D eigenvalue weighted by Crippen LogP contribution is -2.18. The summed E-state index contributed by atoms with van der Waals surface area (Å²) in [6, 6.07) is 10.5. The van der Waals surface area contributed by atoms with E-state index in [1.807, 2.05) is 6.07 Å². The Morgan fingerprint density at radius 3 is 2.47 bits per heavy atom. The molecule has 0 aliphatic rings. The van der Waals surface area contributed by atoms with Crippen LogP contribution in [0.1, 0.15) is 12.0 Å². The summed E-state index contributed by atoms with van der Waals surface area (Å²) >= 11 is 0. The Balaban J connectivity index is 2.11. The van der Waals surface area contributed by atoms with Crippen molar-refractivity contribution >= 4 is 0 Å². The summed E-state index contributed by atoms with van der Waals surface area (Å²) in [6.07, 6.45) is 3.75. The monoisotopic (exact) mass is 227 g/mol. The number of rotatable bonds is 8. The van der Waals surface area contributed by atoms with Gasteiger partial charge in [0.15, 0.2) is 0 Å². The molecule has 17 heavy (non-hydrogen) atoms. The van der Waals surface area contributed by atoms with Gasteiger partial charge in [-0.15, -0.1) is 0 Å². The van der Waals surface area contributed by atoms with Crippen molar-refractivity contribution in [3.8, 4) is 0 Å². The molecule has 1 N–H and O–H groups in total. The summed E-state index contributed by atoms with van der Waals surface area (Å²) in [5, 5.41) is 3.41. The highest BCUT2D eigenvalue weighted by Crippen LogP contribution is 2.09. The van der Waals surface area contributed by atoms with Gasteiger partial charge in [0.2, 0.25) is 0 Å². The van der Waals surface area contributed by atoms with Gasteiger partial charge in [-0.25, -0.2) is 0 Å². The van der Waals surface area contributed by atoms with E-state index in [9.17, 15) is 0 Å². The van der Waals surface area contributed by atoms with E-state index >= 15 is 0 Å². The van der Waals surface area contributed by atoms with Crippen LogP contribution >= 0.6 is 0 Å². The second kappa shape index (κ2) is 7.64. The number of hydrogen-bond donors (Lipinski definition) is 1. The summed E-state index contributed by atoms with van der Waals surface area (Å²) in [5.41, 5.74) is 3.37. The van der Waals surface area contributed by atoms with Crippen LogP contribution in [0, 0.1) is 0 Å². The molecule has 1 aromatic rings. The van der Waals surface area contributed by atoms with Crippen molar-refractivity contribution in [2.45, 2.75) is 12.8 Å². The van der Waals surface area contributed by atoms with Gasteiger partial charge >= 0.3 is 0 Å². The van der Waals surface area contributed by atoms with E-state index in [0.717, 1.165) is 37.1 Å². The number of allylic oxidation sites excluding steroid dienone is 2. The first-order chi connectivity index (χ1) is 8.24. The van der Waals surface area contributed by atoms with Gasteiger partial charge in [0.1, 0.15) is 0 Å². The highest BCUT2D eigenvalue weighted by molar-refractivity contribution is 5.33. The van der Waals surface area contributed by atoms with Gasteiger partial charge < -0.3 is 5.32 Å². The normalized spacial score (nSPS) is 9.88. The third-order valence-electron chi connectivity index (χ3n) is 2.74. The van der Waals surface area contributed by atoms with E-state index in [1.165, 1.54) is 5.56 Å². The van der Waals surface area contributed by atoms with Crippen molar-refractivity contribution in [2.24, 2.45) is 0 Å². The fourth-order valence-corrected chi connectivity index (χ4v) is 1.55. The molecule has 0 heterocycles. The van der Waals surface area contributed by atoms with Crippen LogP contribution in [0.25, 0.3) is 0 Å². The Kier molecular flexibility index (Phi) is 6.05. The van der Waals surface area contributed by atoms with Crippen molar-refractivity contribution in [1.82, 2.24) is 5.32 Å². The molecule has 0 unspecified atom stereocenters. The molecule has 0 saturated carbocycles. The maximum Gasteiger partial charge on any atom is -0.000822 e. The summed E-state index contributed by atoms with van der Waals surface area (Å²) in [5.74, 6) is 0. The molecule has 0 bridgehead atoms. The third-order valence-corrected chi connectivity index (χ3v) is 2.74. The number of benzene rings is 1. The Hall–Kier alpha value is -1.60. The summed E-state index contributed by atoms with van der Waals surface area (Å²) in [6.45, 7) is 13.5. The van der Waals surface area contributed by atoms with Gasteiger partial charge in [-0.05, 0) is 42.6 Å². The van der Waals surface area contributed by atoms with Gasteiger partial charge in [0.25, 0.3) is 0 Å². The summed E-state index contributed by atoms with van der Waals surface area (Å²) < 4.78 is 0. The summed E-state index contributed by atoms with van der Waals surface area (Å²) in [7, 11) is 0. The SMILES string of the molecule is C=CC(=C)C(=C)CCNCCc1ccccc1. The minimum absolute atomic E-state index is 0.930. The largest absolute Gasteiger partial charge is 0.316 e. The van der Waals surface area contributed by atoms with Crippen LogP contribution in [0.3, 0.4) is 0 Å².